The molecule has 1 saturated heterocycles. The van der Waals surface area contributed by atoms with Gasteiger partial charge in [-0.2, -0.15) is 18.4 Å². The molecule has 10 heteroatoms. The third-order valence-electron chi connectivity index (χ3n) is 6.75. The van der Waals surface area contributed by atoms with Crippen molar-refractivity contribution in [1.82, 2.24) is 9.80 Å². The lowest BCUT2D eigenvalue weighted by Gasteiger charge is -2.25. The molecular weight excluding hydrogens is 541 g/mol. The van der Waals surface area contributed by atoms with Gasteiger partial charge in [-0.05, 0) is 79.4 Å². The molecule has 208 valence electrons. The Morgan fingerprint density at radius 1 is 1.00 bits per heavy atom. The van der Waals surface area contributed by atoms with Crippen molar-refractivity contribution >= 4 is 29.1 Å². The maximum Gasteiger partial charge on any atom is 0.417 e. The summed E-state index contributed by atoms with van der Waals surface area (Å²) in [5, 5.41) is 11.2. The Labute approximate surface area is 236 Å². The Bertz CT molecular complexity index is 1400. The maximum atomic E-state index is 13.2. The number of carbonyl (C=O) groups excluding carboxylic acids is 2. The number of hydrogen-bond acceptors (Lipinski definition) is 4. The highest BCUT2D eigenvalue weighted by Crippen LogP contribution is 2.36. The standard InChI is InChI=1S/C30H28ClF3N4O2/c31-27-11-10-25(17-26(27)30(32,33)34)36-28(39)19-38(29(40)20-37-13-1-2-14-37)15-12-21-6-8-23(9-7-21)24-5-3-4-22(16-24)18-35/h3-11,16-17H,1-2,12-15,19-20H2,(H,36,39). The first-order valence-electron chi connectivity index (χ1n) is 12.9. The summed E-state index contributed by atoms with van der Waals surface area (Å²) in [6.45, 7) is 1.77. The highest BCUT2D eigenvalue weighted by atomic mass is 35.5. The molecule has 1 heterocycles. The number of likely N-dealkylation sites (tertiary alicyclic amines) is 1. The van der Waals surface area contributed by atoms with Gasteiger partial charge in [-0.15, -0.1) is 0 Å². The minimum atomic E-state index is -4.66. The molecule has 2 amide bonds. The summed E-state index contributed by atoms with van der Waals surface area (Å²) in [6.07, 6.45) is -2.16. The van der Waals surface area contributed by atoms with Crippen LogP contribution in [0.15, 0.2) is 66.7 Å². The van der Waals surface area contributed by atoms with E-state index in [-0.39, 0.29) is 31.2 Å². The van der Waals surface area contributed by atoms with E-state index < -0.39 is 22.7 Å². The van der Waals surface area contributed by atoms with E-state index in [9.17, 15) is 22.8 Å². The molecule has 0 aromatic heterocycles. The van der Waals surface area contributed by atoms with Crippen LogP contribution in [0.1, 0.15) is 29.5 Å². The fourth-order valence-corrected chi connectivity index (χ4v) is 4.84. The molecule has 0 atom stereocenters. The van der Waals surface area contributed by atoms with Gasteiger partial charge in [0.15, 0.2) is 0 Å². The van der Waals surface area contributed by atoms with Gasteiger partial charge in [-0.1, -0.05) is 48.0 Å². The number of nitrogens with zero attached hydrogens (tertiary/aromatic N) is 3. The summed E-state index contributed by atoms with van der Waals surface area (Å²) >= 11 is 5.68. The topological polar surface area (TPSA) is 76.4 Å². The first kappa shape index (κ1) is 29.1. The lowest BCUT2D eigenvalue weighted by molar-refractivity contribution is -0.137. The number of nitriles is 1. The SMILES string of the molecule is N#Cc1cccc(-c2ccc(CCN(CC(=O)Nc3ccc(Cl)c(C(F)(F)F)c3)C(=O)CN3CCCC3)cc2)c1. The Kier molecular flexibility index (Phi) is 9.46. The zero-order valence-electron chi connectivity index (χ0n) is 21.7. The predicted molar refractivity (Wildman–Crippen MR) is 148 cm³/mol. The normalized spacial score (nSPS) is 13.6. The van der Waals surface area contributed by atoms with E-state index in [4.69, 9.17) is 16.9 Å². The van der Waals surface area contributed by atoms with E-state index in [0.717, 1.165) is 54.8 Å². The summed E-state index contributed by atoms with van der Waals surface area (Å²) in [7, 11) is 0. The molecule has 0 bridgehead atoms. The number of anilines is 1. The monoisotopic (exact) mass is 568 g/mol. The Morgan fingerprint density at radius 3 is 2.40 bits per heavy atom. The van der Waals surface area contributed by atoms with Gasteiger partial charge in [0, 0.05) is 12.2 Å². The van der Waals surface area contributed by atoms with Crippen molar-refractivity contribution in [3.63, 3.8) is 0 Å². The number of benzene rings is 3. The molecule has 1 aliphatic heterocycles. The zero-order chi connectivity index (χ0) is 28.7. The second kappa shape index (κ2) is 13.0. The van der Waals surface area contributed by atoms with Gasteiger partial charge in [0.25, 0.3) is 0 Å². The molecule has 6 nitrogen and oxygen atoms in total. The Hall–Kier alpha value is -3.87. The number of halogens is 4. The summed E-state index contributed by atoms with van der Waals surface area (Å²) in [6, 6.07) is 20.3. The lowest BCUT2D eigenvalue weighted by Crippen LogP contribution is -2.44. The van der Waals surface area contributed by atoms with Crippen LogP contribution < -0.4 is 5.32 Å². The summed E-state index contributed by atoms with van der Waals surface area (Å²) in [5.41, 5.74) is 2.29. The minimum absolute atomic E-state index is 0.0512. The molecule has 1 fully saturated rings. The van der Waals surface area contributed by atoms with E-state index >= 15 is 0 Å². The summed E-state index contributed by atoms with van der Waals surface area (Å²) in [5.74, 6) is -0.813. The molecule has 1 N–H and O–H groups in total. The predicted octanol–water partition coefficient (Wildman–Crippen LogP) is 6.00. The largest absolute Gasteiger partial charge is 0.417 e. The van der Waals surface area contributed by atoms with Crippen molar-refractivity contribution in [1.29, 1.82) is 5.26 Å². The molecule has 0 unspecified atom stereocenters. The number of hydrogen-bond donors (Lipinski definition) is 1. The van der Waals surface area contributed by atoms with E-state index in [1.807, 2.05) is 47.4 Å². The molecule has 3 aromatic rings. The molecule has 0 aliphatic carbocycles. The molecule has 4 rings (SSSR count). The van der Waals surface area contributed by atoms with Crippen molar-refractivity contribution in [2.75, 3.05) is 38.0 Å². The fraction of sp³-hybridized carbons (Fsp3) is 0.300. The average molecular weight is 569 g/mol. The average Bonchev–Trinajstić information content (AvgIpc) is 3.44. The lowest BCUT2D eigenvalue weighted by atomic mass is 10.0. The highest BCUT2D eigenvalue weighted by Gasteiger charge is 2.33. The van der Waals surface area contributed by atoms with Crippen LogP contribution in [-0.4, -0.2) is 54.3 Å². The van der Waals surface area contributed by atoms with Gasteiger partial charge in [-0.25, -0.2) is 0 Å². The van der Waals surface area contributed by atoms with E-state index in [1.54, 1.807) is 6.07 Å². The highest BCUT2D eigenvalue weighted by molar-refractivity contribution is 6.31. The van der Waals surface area contributed by atoms with Crippen LogP contribution in [0.25, 0.3) is 11.1 Å². The molecular formula is C30H28ClF3N4O2. The van der Waals surface area contributed by atoms with Gasteiger partial charge in [0.1, 0.15) is 0 Å². The van der Waals surface area contributed by atoms with Crippen LogP contribution in [0.2, 0.25) is 5.02 Å². The third-order valence-corrected chi connectivity index (χ3v) is 7.08. The number of carbonyl (C=O) groups is 2. The maximum absolute atomic E-state index is 13.2. The number of amides is 2. The minimum Gasteiger partial charge on any atom is -0.332 e. The van der Waals surface area contributed by atoms with Gasteiger partial charge in [-0.3, -0.25) is 14.5 Å². The van der Waals surface area contributed by atoms with Crippen LogP contribution in [0.4, 0.5) is 18.9 Å². The molecule has 0 radical (unpaired) electrons. The fourth-order valence-electron chi connectivity index (χ4n) is 4.61. The van der Waals surface area contributed by atoms with Crippen LogP contribution in [0.5, 0.6) is 0 Å². The van der Waals surface area contributed by atoms with Crippen molar-refractivity contribution in [2.45, 2.75) is 25.4 Å². The molecule has 40 heavy (non-hydrogen) atoms. The van der Waals surface area contributed by atoms with Crippen LogP contribution in [0.3, 0.4) is 0 Å². The summed E-state index contributed by atoms with van der Waals surface area (Å²) < 4.78 is 39.7. The van der Waals surface area contributed by atoms with Gasteiger partial charge in [0.2, 0.25) is 11.8 Å². The summed E-state index contributed by atoms with van der Waals surface area (Å²) in [4.78, 5) is 29.4. The van der Waals surface area contributed by atoms with Gasteiger partial charge >= 0.3 is 6.18 Å². The smallest absolute Gasteiger partial charge is 0.332 e. The molecule has 3 aromatic carbocycles. The van der Waals surface area contributed by atoms with Crippen molar-refractivity contribution in [2.24, 2.45) is 0 Å². The molecule has 0 saturated carbocycles. The molecule has 0 spiro atoms. The Morgan fingerprint density at radius 2 is 1.73 bits per heavy atom. The van der Waals surface area contributed by atoms with E-state index in [2.05, 4.69) is 11.4 Å². The van der Waals surface area contributed by atoms with Crippen molar-refractivity contribution in [3.8, 4) is 17.2 Å². The first-order valence-corrected chi connectivity index (χ1v) is 13.3. The van der Waals surface area contributed by atoms with Crippen LogP contribution in [-0.2, 0) is 22.2 Å². The second-order valence-corrected chi connectivity index (χ2v) is 10.1. The van der Waals surface area contributed by atoms with Crippen LogP contribution in [0, 0.1) is 11.3 Å². The van der Waals surface area contributed by atoms with E-state index in [1.165, 1.54) is 11.0 Å². The first-order chi connectivity index (χ1) is 19.1. The van der Waals surface area contributed by atoms with Crippen LogP contribution >= 0.6 is 11.6 Å². The Balaban J connectivity index is 1.43. The third kappa shape index (κ3) is 7.84. The van der Waals surface area contributed by atoms with E-state index in [0.29, 0.717) is 12.0 Å². The van der Waals surface area contributed by atoms with Crippen molar-refractivity contribution < 1.29 is 22.8 Å². The quantitative estimate of drug-likeness (QED) is 0.343. The van der Waals surface area contributed by atoms with Gasteiger partial charge < -0.3 is 10.2 Å². The number of nitrogens with one attached hydrogen (secondary N) is 1. The zero-order valence-corrected chi connectivity index (χ0v) is 22.4. The molecule has 1 aliphatic rings. The van der Waals surface area contributed by atoms with Gasteiger partial charge in [0.05, 0.1) is 35.3 Å². The second-order valence-electron chi connectivity index (χ2n) is 9.68. The van der Waals surface area contributed by atoms with Crippen molar-refractivity contribution in [3.05, 3.63) is 88.4 Å². The number of alkyl halides is 3. The number of rotatable bonds is 9.